The highest BCUT2D eigenvalue weighted by Crippen LogP contribution is 2.25. The number of nitriles is 1. The van der Waals surface area contributed by atoms with E-state index >= 15 is 0 Å². The van der Waals surface area contributed by atoms with Gasteiger partial charge in [0.15, 0.2) is 0 Å². The van der Waals surface area contributed by atoms with Crippen LogP contribution >= 0.6 is 15.9 Å². The Kier molecular flexibility index (Phi) is 5.01. The third kappa shape index (κ3) is 3.37. The van der Waals surface area contributed by atoms with Crippen molar-refractivity contribution in [3.05, 3.63) is 53.0 Å². The molecule has 0 unspecified atom stereocenters. The molecule has 1 aliphatic rings. The van der Waals surface area contributed by atoms with Crippen molar-refractivity contribution in [3.8, 4) is 17.2 Å². The first-order valence-corrected chi connectivity index (χ1v) is 9.61. The largest absolute Gasteiger partial charge is 0.377 e. The van der Waals surface area contributed by atoms with E-state index in [1.165, 1.54) is 4.31 Å². The number of nitrogens with zero attached hydrogens (tertiary/aromatic N) is 2. The van der Waals surface area contributed by atoms with Crippen LogP contribution in [0.3, 0.4) is 0 Å². The van der Waals surface area contributed by atoms with Gasteiger partial charge in [0, 0.05) is 11.0 Å². The van der Waals surface area contributed by atoms with E-state index in [2.05, 4.69) is 15.9 Å². The molecule has 0 amide bonds. The van der Waals surface area contributed by atoms with E-state index in [0.29, 0.717) is 6.61 Å². The Morgan fingerprint density at radius 2 is 1.67 bits per heavy atom. The summed E-state index contributed by atoms with van der Waals surface area (Å²) in [6, 6.07) is 15.7. The minimum atomic E-state index is -3.71. The van der Waals surface area contributed by atoms with Gasteiger partial charge in [-0.15, -0.1) is 0 Å². The highest BCUT2D eigenvalue weighted by atomic mass is 79.9. The lowest BCUT2D eigenvalue weighted by atomic mass is 10.1. The van der Waals surface area contributed by atoms with Crippen molar-refractivity contribution in [3.63, 3.8) is 0 Å². The molecule has 2 aromatic rings. The molecule has 5 nitrogen and oxygen atoms in total. The van der Waals surface area contributed by atoms with Crippen molar-refractivity contribution < 1.29 is 13.2 Å². The van der Waals surface area contributed by atoms with E-state index in [0.717, 1.165) is 15.6 Å². The third-order valence-electron chi connectivity index (χ3n) is 3.87. The Bertz CT molecular complexity index is 858. The van der Waals surface area contributed by atoms with Crippen LogP contribution in [0, 0.1) is 11.3 Å². The minimum absolute atomic E-state index is 0.104. The molecule has 2 aromatic carbocycles. The van der Waals surface area contributed by atoms with Crippen LogP contribution in [-0.4, -0.2) is 38.5 Å². The summed E-state index contributed by atoms with van der Waals surface area (Å²) in [6.07, 6.45) is 0. The van der Waals surface area contributed by atoms with Crippen molar-refractivity contribution in [2.24, 2.45) is 0 Å². The van der Waals surface area contributed by atoms with Crippen molar-refractivity contribution in [1.82, 2.24) is 4.31 Å². The molecule has 0 aliphatic carbocycles. The molecule has 24 heavy (non-hydrogen) atoms. The summed E-state index contributed by atoms with van der Waals surface area (Å²) in [7, 11) is -3.71. The van der Waals surface area contributed by atoms with E-state index in [9.17, 15) is 8.42 Å². The second kappa shape index (κ2) is 7.03. The summed E-state index contributed by atoms with van der Waals surface area (Å²) in [4.78, 5) is 0.186. The van der Waals surface area contributed by atoms with Crippen LogP contribution in [0.25, 0.3) is 11.1 Å². The normalized spacial score (nSPS) is 18.9. The first kappa shape index (κ1) is 17.1. The fraction of sp³-hybridized carbons (Fsp3) is 0.235. The van der Waals surface area contributed by atoms with Crippen LogP contribution in [0.1, 0.15) is 0 Å². The predicted molar refractivity (Wildman–Crippen MR) is 93.7 cm³/mol. The van der Waals surface area contributed by atoms with Crippen molar-refractivity contribution in [2.45, 2.75) is 10.9 Å². The van der Waals surface area contributed by atoms with Gasteiger partial charge in [-0.3, -0.25) is 0 Å². The van der Waals surface area contributed by atoms with E-state index in [1.807, 2.05) is 30.3 Å². The van der Waals surface area contributed by atoms with Gasteiger partial charge >= 0.3 is 0 Å². The summed E-state index contributed by atoms with van der Waals surface area (Å²) in [5, 5.41) is 9.15. The zero-order chi connectivity index (χ0) is 17.2. The lowest BCUT2D eigenvalue weighted by Crippen LogP contribution is -2.47. The zero-order valence-electron chi connectivity index (χ0n) is 12.7. The summed E-state index contributed by atoms with van der Waals surface area (Å²) in [6.45, 7) is 0.593. The lowest BCUT2D eigenvalue weighted by molar-refractivity contribution is 0.0511. The van der Waals surface area contributed by atoms with Crippen molar-refractivity contribution >= 4 is 26.0 Å². The zero-order valence-corrected chi connectivity index (χ0v) is 15.1. The van der Waals surface area contributed by atoms with Crippen molar-refractivity contribution in [1.29, 1.82) is 5.26 Å². The smallest absolute Gasteiger partial charge is 0.244 e. The first-order chi connectivity index (χ1) is 11.5. The lowest BCUT2D eigenvalue weighted by Gasteiger charge is -2.30. The molecule has 1 heterocycles. The number of rotatable bonds is 3. The number of sulfonamides is 1. The minimum Gasteiger partial charge on any atom is -0.377 e. The highest BCUT2D eigenvalue weighted by molar-refractivity contribution is 9.10. The average molecular weight is 407 g/mol. The molecule has 1 saturated heterocycles. The molecule has 1 fully saturated rings. The van der Waals surface area contributed by atoms with E-state index in [4.69, 9.17) is 10.00 Å². The highest BCUT2D eigenvalue weighted by Gasteiger charge is 2.34. The molecule has 124 valence electrons. The summed E-state index contributed by atoms with van der Waals surface area (Å²) < 4.78 is 32.9. The third-order valence-corrected chi connectivity index (χ3v) is 6.32. The quantitative estimate of drug-likeness (QED) is 0.785. The fourth-order valence-electron chi connectivity index (χ4n) is 2.57. The van der Waals surface area contributed by atoms with Gasteiger partial charge < -0.3 is 4.74 Å². The molecule has 0 N–H and O–H groups in total. The molecule has 0 spiro atoms. The van der Waals surface area contributed by atoms with Crippen LogP contribution in [0.15, 0.2) is 57.9 Å². The second-order valence-electron chi connectivity index (χ2n) is 5.37. The van der Waals surface area contributed by atoms with Crippen LogP contribution in [-0.2, 0) is 14.8 Å². The van der Waals surface area contributed by atoms with Gasteiger partial charge in [-0.2, -0.15) is 9.57 Å². The van der Waals surface area contributed by atoms with E-state index < -0.39 is 16.1 Å². The van der Waals surface area contributed by atoms with E-state index in [1.54, 1.807) is 24.3 Å². The monoisotopic (exact) mass is 406 g/mol. The molecular formula is C17H15BrN2O3S. The molecule has 1 aliphatic heterocycles. The molecule has 7 heteroatoms. The van der Waals surface area contributed by atoms with Gasteiger partial charge in [0.25, 0.3) is 0 Å². The van der Waals surface area contributed by atoms with Crippen molar-refractivity contribution in [2.75, 3.05) is 19.8 Å². The number of halogens is 1. The fourth-order valence-corrected chi connectivity index (χ4v) is 4.35. The van der Waals surface area contributed by atoms with Gasteiger partial charge in [-0.1, -0.05) is 40.2 Å². The van der Waals surface area contributed by atoms with Crippen LogP contribution < -0.4 is 0 Å². The number of ether oxygens (including phenoxy) is 1. The van der Waals surface area contributed by atoms with Gasteiger partial charge in [0.1, 0.15) is 6.04 Å². The van der Waals surface area contributed by atoms with Gasteiger partial charge in [0.05, 0.1) is 24.2 Å². The Hall–Kier alpha value is -1.72. The maximum Gasteiger partial charge on any atom is 0.244 e. The standard InChI is InChI=1S/C17H15BrN2O3S/c18-15-5-1-13(2-6-15)14-3-7-17(8-4-14)24(21,22)20-9-10-23-12-16(20)11-19/h1-8,16H,9-10,12H2/t16-/m1/s1. The maximum absolute atomic E-state index is 12.8. The molecule has 3 rings (SSSR count). The Labute approximate surface area is 149 Å². The number of morpholine rings is 1. The molecular weight excluding hydrogens is 392 g/mol. The number of hydrogen-bond donors (Lipinski definition) is 0. The Morgan fingerprint density at radius 3 is 2.25 bits per heavy atom. The summed E-state index contributed by atoms with van der Waals surface area (Å²) >= 11 is 3.39. The first-order valence-electron chi connectivity index (χ1n) is 7.37. The molecule has 0 aromatic heterocycles. The molecule has 0 saturated carbocycles. The number of benzene rings is 2. The number of hydrogen-bond acceptors (Lipinski definition) is 4. The summed E-state index contributed by atoms with van der Waals surface area (Å²) in [5.41, 5.74) is 1.93. The maximum atomic E-state index is 12.8. The average Bonchev–Trinajstić information content (AvgIpc) is 2.62. The van der Waals surface area contributed by atoms with Crippen LogP contribution in [0.2, 0.25) is 0 Å². The van der Waals surface area contributed by atoms with E-state index in [-0.39, 0.29) is 18.0 Å². The predicted octanol–water partition coefficient (Wildman–Crippen LogP) is 3.03. The SMILES string of the molecule is N#C[C@@H]1COCCN1S(=O)(=O)c1ccc(-c2ccc(Br)cc2)cc1. The summed E-state index contributed by atoms with van der Waals surface area (Å²) in [5.74, 6) is 0. The van der Waals surface area contributed by atoms with Gasteiger partial charge in [0.2, 0.25) is 10.0 Å². The molecule has 0 radical (unpaired) electrons. The Morgan fingerprint density at radius 1 is 1.08 bits per heavy atom. The molecule has 0 bridgehead atoms. The Balaban J connectivity index is 1.89. The van der Waals surface area contributed by atoms with Gasteiger partial charge in [-0.05, 0) is 35.4 Å². The van der Waals surface area contributed by atoms with Crippen LogP contribution in [0.4, 0.5) is 0 Å². The second-order valence-corrected chi connectivity index (χ2v) is 8.17. The molecule has 1 atom stereocenters. The van der Waals surface area contributed by atoms with Crippen LogP contribution in [0.5, 0.6) is 0 Å². The topological polar surface area (TPSA) is 70.4 Å². The van der Waals surface area contributed by atoms with Gasteiger partial charge in [-0.25, -0.2) is 8.42 Å².